The minimum Gasteiger partial charge on any atom is -0.270 e. The van der Waals surface area contributed by atoms with Gasteiger partial charge in [0.25, 0.3) is 0 Å². The van der Waals surface area contributed by atoms with Crippen molar-refractivity contribution in [2.45, 2.75) is 3.79 Å². The molecule has 96 valence electrons. The van der Waals surface area contributed by atoms with Gasteiger partial charge in [0, 0.05) is 23.9 Å². The Labute approximate surface area is 121 Å². The van der Waals surface area contributed by atoms with E-state index in [2.05, 4.69) is 17.5 Å². The van der Waals surface area contributed by atoms with Crippen LogP contribution in [0.4, 0.5) is 5.69 Å². The monoisotopic (exact) mass is 303 g/mol. The van der Waals surface area contributed by atoms with Crippen LogP contribution in [0.2, 0.25) is 0 Å². The molecular weight excluding hydrogens is 293 g/mol. The van der Waals surface area contributed by atoms with Crippen LogP contribution >= 0.6 is 34.8 Å². The quantitative estimate of drug-likeness (QED) is 0.819. The van der Waals surface area contributed by atoms with Gasteiger partial charge in [-0.05, 0) is 6.07 Å². The van der Waals surface area contributed by atoms with Crippen molar-refractivity contribution in [1.29, 1.82) is 0 Å². The summed E-state index contributed by atoms with van der Waals surface area (Å²) in [7, 11) is 0. The molecule has 18 heavy (non-hydrogen) atoms. The average molecular weight is 305 g/mol. The second-order valence-corrected chi connectivity index (χ2v) is 5.97. The zero-order valence-corrected chi connectivity index (χ0v) is 11.7. The normalized spacial score (nSPS) is 15.8. The van der Waals surface area contributed by atoms with E-state index in [-0.39, 0.29) is 0 Å². The van der Waals surface area contributed by atoms with Crippen LogP contribution in [-0.4, -0.2) is 6.54 Å². The molecule has 1 aliphatic heterocycles. The van der Waals surface area contributed by atoms with Gasteiger partial charge in [0.2, 0.25) is 3.79 Å². The van der Waals surface area contributed by atoms with E-state index in [1.165, 1.54) is 0 Å². The first-order chi connectivity index (χ1) is 8.54. The lowest BCUT2D eigenvalue weighted by molar-refractivity contribution is 0.552. The van der Waals surface area contributed by atoms with Crippen molar-refractivity contribution in [2.24, 2.45) is 0 Å². The molecule has 0 saturated carbocycles. The Bertz CT molecular complexity index is 480. The molecule has 1 aromatic carbocycles. The molecule has 0 unspecified atom stereocenters. The average Bonchev–Trinajstić information content (AvgIpc) is 2.37. The van der Waals surface area contributed by atoms with Crippen LogP contribution in [0.3, 0.4) is 0 Å². The summed E-state index contributed by atoms with van der Waals surface area (Å²) in [5.41, 5.74) is 8.24. The molecule has 0 bridgehead atoms. The van der Waals surface area contributed by atoms with Crippen molar-refractivity contribution in [2.75, 3.05) is 11.6 Å². The number of nitrogens with zero attached hydrogens (tertiary/aromatic N) is 1. The zero-order valence-electron chi connectivity index (χ0n) is 9.46. The molecule has 0 atom stereocenters. The molecule has 1 aromatic rings. The molecule has 0 spiro atoms. The van der Waals surface area contributed by atoms with E-state index in [1.807, 2.05) is 24.4 Å². The second-order valence-electron chi connectivity index (χ2n) is 3.69. The summed E-state index contributed by atoms with van der Waals surface area (Å²) < 4.78 is -1.48. The van der Waals surface area contributed by atoms with E-state index in [4.69, 9.17) is 34.8 Å². The van der Waals surface area contributed by atoms with Gasteiger partial charge in [0.05, 0.1) is 5.69 Å². The largest absolute Gasteiger partial charge is 0.270 e. The van der Waals surface area contributed by atoms with Crippen LogP contribution in [0, 0.1) is 0 Å². The van der Waals surface area contributed by atoms with Crippen molar-refractivity contribution in [3.63, 3.8) is 0 Å². The van der Waals surface area contributed by atoms with Gasteiger partial charge in [0.1, 0.15) is 0 Å². The molecular formula is C12H12Cl3N3. The summed E-state index contributed by atoms with van der Waals surface area (Å²) in [5, 5.41) is 1.81. The maximum Gasteiger partial charge on any atom is 0.216 e. The van der Waals surface area contributed by atoms with E-state index in [0.29, 0.717) is 5.56 Å². The van der Waals surface area contributed by atoms with Crippen LogP contribution in [0.5, 0.6) is 0 Å². The number of hydrogen-bond donors (Lipinski definition) is 2. The predicted molar refractivity (Wildman–Crippen MR) is 78.5 cm³/mol. The highest BCUT2D eigenvalue weighted by Gasteiger charge is 2.27. The van der Waals surface area contributed by atoms with Crippen molar-refractivity contribution < 1.29 is 0 Å². The maximum atomic E-state index is 5.96. The molecule has 1 aliphatic rings. The summed E-state index contributed by atoms with van der Waals surface area (Å²) in [6, 6.07) is 5.53. The van der Waals surface area contributed by atoms with Gasteiger partial charge in [-0.3, -0.25) is 5.01 Å². The van der Waals surface area contributed by atoms with E-state index < -0.39 is 3.79 Å². The summed E-state index contributed by atoms with van der Waals surface area (Å²) in [5.74, 6) is 0. The lowest BCUT2D eigenvalue weighted by Gasteiger charge is -2.28. The predicted octanol–water partition coefficient (Wildman–Crippen LogP) is 3.50. The summed E-state index contributed by atoms with van der Waals surface area (Å²) in [4.78, 5) is 0. The fourth-order valence-electron chi connectivity index (χ4n) is 1.75. The second kappa shape index (κ2) is 5.51. The van der Waals surface area contributed by atoms with Gasteiger partial charge in [0.15, 0.2) is 0 Å². The molecule has 0 aromatic heterocycles. The first-order valence-corrected chi connectivity index (χ1v) is 6.44. The summed E-state index contributed by atoms with van der Waals surface area (Å²) in [6.07, 6.45) is 5.56. The van der Waals surface area contributed by atoms with E-state index in [1.54, 1.807) is 17.2 Å². The Morgan fingerprint density at radius 3 is 2.67 bits per heavy atom. The third-order valence-electron chi connectivity index (χ3n) is 2.53. The molecule has 6 heteroatoms. The first kappa shape index (κ1) is 13.7. The van der Waals surface area contributed by atoms with Gasteiger partial charge >= 0.3 is 0 Å². The number of nitrogens with one attached hydrogen (secondary N) is 2. The minimum absolute atomic E-state index is 0.598. The summed E-state index contributed by atoms with van der Waals surface area (Å²) in [6.45, 7) is 4.54. The highest BCUT2D eigenvalue weighted by Crippen LogP contribution is 2.42. The number of anilines is 1. The first-order valence-electron chi connectivity index (χ1n) is 5.31. The molecule has 2 rings (SSSR count). The smallest absolute Gasteiger partial charge is 0.216 e. The Hall–Kier alpha value is -0.710. The van der Waals surface area contributed by atoms with Crippen LogP contribution < -0.4 is 16.0 Å². The van der Waals surface area contributed by atoms with Gasteiger partial charge in [-0.25, -0.2) is 5.43 Å². The standard InChI is InChI=1S/C12H12Cl3N3/c1-2-9-10(12(13,14)15)5-3-6-11(9)18-8-4-7-16-17-18/h2-6,8,16-17H,1,7H2. The van der Waals surface area contributed by atoms with Crippen molar-refractivity contribution in [3.8, 4) is 0 Å². The number of rotatable bonds is 2. The third-order valence-corrected chi connectivity index (χ3v) is 3.14. The Morgan fingerprint density at radius 1 is 1.33 bits per heavy atom. The van der Waals surface area contributed by atoms with Gasteiger partial charge < -0.3 is 0 Å². The Kier molecular flexibility index (Phi) is 4.20. The van der Waals surface area contributed by atoms with E-state index >= 15 is 0 Å². The Balaban J connectivity index is 2.51. The molecule has 0 saturated heterocycles. The third kappa shape index (κ3) is 2.82. The fourth-order valence-corrected chi connectivity index (χ4v) is 2.24. The summed E-state index contributed by atoms with van der Waals surface area (Å²) >= 11 is 17.9. The molecule has 1 heterocycles. The van der Waals surface area contributed by atoms with Crippen LogP contribution in [-0.2, 0) is 3.79 Å². The molecule has 3 nitrogen and oxygen atoms in total. The van der Waals surface area contributed by atoms with Gasteiger partial charge in [-0.2, -0.15) is 5.53 Å². The fraction of sp³-hybridized carbons (Fsp3) is 0.167. The van der Waals surface area contributed by atoms with Crippen LogP contribution in [0.25, 0.3) is 6.08 Å². The number of alkyl halides is 3. The van der Waals surface area contributed by atoms with E-state index in [0.717, 1.165) is 17.8 Å². The highest BCUT2D eigenvalue weighted by molar-refractivity contribution is 6.66. The van der Waals surface area contributed by atoms with E-state index in [9.17, 15) is 0 Å². The molecule has 0 fully saturated rings. The van der Waals surface area contributed by atoms with Crippen LogP contribution in [0.15, 0.2) is 37.1 Å². The number of hydrazine groups is 2. The number of halogens is 3. The lowest BCUT2D eigenvalue weighted by atomic mass is 10.1. The van der Waals surface area contributed by atoms with Crippen LogP contribution in [0.1, 0.15) is 11.1 Å². The number of hydrogen-bond acceptors (Lipinski definition) is 3. The SMILES string of the molecule is C=Cc1c(N2C=CCNN2)cccc1C(Cl)(Cl)Cl. The van der Waals surface area contributed by atoms with Crippen molar-refractivity contribution in [3.05, 3.63) is 48.2 Å². The van der Waals surface area contributed by atoms with Gasteiger partial charge in [-0.1, -0.05) is 65.7 Å². The van der Waals surface area contributed by atoms with Crippen molar-refractivity contribution in [1.82, 2.24) is 11.0 Å². The topological polar surface area (TPSA) is 27.3 Å². The maximum absolute atomic E-state index is 5.96. The van der Waals surface area contributed by atoms with Gasteiger partial charge in [-0.15, -0.1) is 0 Å². The highest BCUT2D eigenvalue weighted by atomic mass is 35.6. The molecule has 0 aliphatic carbocycles. The van der Waals surface area contributed by atoms with Crippen molar-refractivity contribution >= 4 is 46.6 Å². The number of benzene rings is 1. The zero-order chi connectivity index (χ0) is 13.2. The molecule has 0 amide bonds. The molecule has 2 N–H and O–H groups in total. The lowest BCUT2D eigenvalue weighted by Crippen LogP contribution is -2.47. The minimum atomic E-state index is -1.48. The Morgan fingerprint density at radius 2 is 2.11 bits per heavy atom. The molecule has 0 radical (unpaired) electrons.